The van der Waals surface area contributed by atoms with Gasteiger partial charge in [0.2, 0.25) is 5.91 Å². The molecule has 1 unspecified atom stereocenters. The fourth-order valence-electron chi connectivity index (χ4n) is 3.19. The van der Waals surface area contributed by atoms with E-state index in [1.807, 2.05) is 31.2 Å². The van der Waals surface area contributed by atoms with Crippen molar-refractivity contribution >= 4 is 54.0 Å². The summed E-state index contributed by atoms with van der Waals surface area (Å²) in [4.78, 5) is 18.1. The number of anilines is 1. The fourth-order valence-corrected chi connectivity index (χ4v) is 7.02. The van der Waals surface area contributed by atoms with Crippen LogP contribution in [0.25, 0.3) is 10.2 Å². The summed E-state index contributed by atoms with van der Waals surface area (Å²) < 4.78 is 28.5. The summed E-state index contributed by atoms with van der Waals surface area (Å²) in [5, 5.41) is 3.42. The van der Waals surface area contributed by atoms with Crippen molar-refractivity contribution in [2.75, 3.05) is 18.4 Å². The van der Waals surface area contributed by atoms with Gasteiger partial charge in [0.15, 0.2) is 5.13 Å². The van der Waals surface area contributed by atoms with Crippen LogP contribution in [0.4, 0.5) is 5.13 Å². The van der Waals surface area contributed by atoms with Crippen molar-refractivity contribution in [3.05, 3.63) is 41.3 Å². The molecular weight excluding hydrogens is 402 g/mol. The first kappa shape index (κ1) is 18.5. The SMILES string of the molecule is Cc1ccc(S(=O)(=O)N2CCCC(C(=O)Nc3nc4ccccc4s3)C2)s1. The van der Waals surface area contributed by atoms with Crippen molar-refractivity contribution in [3.63, 3.8) is 0 Å². The number of hydrogen-bond donors (Lipinski definition) is 1. The van der Waals surface area contributed by atoms with Crippen molar-refractivity contribution in [1.82, 2.24) is 9.29 Å². The van der Waals surface area contributed by atoms with Crippen LogP contribution in [0.15, 0.2) is 40.6 Å². The molecule has 1 amide bonds. The molecule has 2 aromatic heterocycles. The quantitative estimate of drug-likeness (QED) is 0.697. The van der Waals surface area contributed by atoms with E-state index < -0.39 is 10.0 Å². The van der Waals surface area contributed by atoms with Crippen molar-refractivity contribution < 1.29 is 13.2 Å². The molecule has 1 fully saturated rings. The Balaban J connectivity index is 1.48. The number of benzene rings is 1. The number of aryl methyl sites for hydroxylation is 1. The zero-order valence-corrected chi connectivity index (χ0v) is 17.2. The van der Waals surface area contributed by atoms with Crippen molar-refractivity contribution in [3.8, 4) is 0 Å². The van der Waals surface area contributed by atoms with Gasteiger partial charge in [0, 0.05) is 18.0 Å². The Hall–Kier alpha value is -1.81. The number of piperidine rings is 1. The fraction of sp³-hybridized carbons (Fsp3) is 0.333. The number of nitrogens with one attached hydrogen (secondary N) is 1. The highest BCUT2D eigenvalue weighted by Crippen LogP contribution is 2.30. The number of para-hydroxylation sites is 1. The van der Waals surface area contributed by atoms with E-state index in [4.69, 9.17) is 0 Å². The number of carbonyl (C=O) groups is 1. The lowest BCUT2D eigenvalue weighted by Gasteiger charge is -2.30. The van der Waals surface area contributed by atoms with Gasteiger partial charge in [-0.2, -0.15) is 4.31 Å². The van der Waals surface area contributed by atoms with E-state index in [-0.39, 0.29) is 18.4 Å². The molecule has 3 heterocycles. The highest BCUT2D eigenvalue weighted by molar-refractivity contribution is 7.91. The molecule has 1 atom stereocenters. The van der Waals surface area contributed by atoms with E-state index in [1.165, 1.54) is 27.0 Å². The maximum atomic E-state index is 12.8. The molecule has 3 aromatic rings. The van der Waals surface area contributed by atoms with Crippen LogP contribution < -0.4 is 5.32 Å². The average molecular weight is 422 g/mol. The minimum Gasteiger partial charge on any atom is -0.302 e. The predicted octanol–water partition coefficient (Wildman–Crippen LogP) is 3.71. The van der Waals surface area contributed by atoms with Gasteiger partial charge in [-0.25, -0.2) is 13.4 Å². The lowest BCUT2D eigenvalue weighted by atomic mass is 9.99. The van der Waals surface area contributed by atoms with E-state index in [0.29, 0.717) is 28.7 Å². The smallest absolute Gasteiger partial charge is 0.252 e. The Labute approximate surface area is 165 Å². The van der Waals surface area contributed by atoms with Gasteiger partial charge < -0.3 is 5.32 Å². The molecule has 1 aliphatic rings. The highest BCUT2D eigenvalue weighted by Gasteiger charge is 2.34. The zero-order valence-electron chi connectivity index (χ0n) is 14.7. The van der Waals surface area contributed by atoms with Crippen molar-refractivity contribution in [2.24, 2.45) is 5.92 Å². The van der Waals surface area contributed by atoms with E-state index in [9.17, 15) is 13.2 Å². The van der Waals surface area contributed by atoms with Crippen LogP contribution in [0.5, 0.6) is 0 Å². The number of thiazole rings is 1. The van der Waals surface area contributed by atoms with Gasteiger partial charge in [0.25, 0.3) is 10.0 Å². The molecule has 1 aromatic carbocycles. The number of rotatable bonds is 4. The standard InChI is InChI=1S/C18H19N3O3S3/c1-12-8-9-16(25-12)27(23,24)21-10-4-5-13(11-21)17(22)20-18-19-14-6-2-3-7-15(14)26-18/h2-3,6-9,13H,4-5,10-11H2,1H3,(H,19,20,22). The number of thiophene rings is 1. The number of nitrogens with zero attached hydrogens (tertiary/aromatic N) is 2. The number of fused-ring (bicyclic) bond motifs is 1. The van der Waals surface area contributed by atoms with Gasteiger partial charge in [0.05, 0.1) is 16.1 Å². The third-order valence-corrected chi connectivity index (χ3v) is 8.87. The summed E-state index contributed by atoms with van der Waals surface area (Å²) in [7, 11) is -3.54. The topological polar surface area (TPSA) is 79.4 Å². The van der Waals surface area contributed by atoms with Crippen LogP contribution in [0.3, 0.4) is 0 Å². The number of amides is 1. The summed E-state index contributed by atoms with van der Waals surface area (Å²) in [5.74, 6) is -0.544. The minimum atomic E-state index is -3.54. The monoisotopic (exact) mass is 421 g/mol. The van der Waals surface area contributed by atoms with E-state index in [2.05, 4.69) is 10.3 Å². The van der Waals surface area contributed by atoms with Crippen LogP contribution in [0.2, 0.25) is 0 Å². The maximum Gasteiger partial charge on any atom is 0.252 e. The predicted molar refractivity (Wildman–Crippen MR) is 109 cm³/mol. The first-order valence-corrected chi connectivity index (χ1v) is 11.7. The largest absolute Gasteiger partial charge is 0.302 e. The average Bonchev–Trinajstić information content (AvgIpc) is 3.27. The van der Waals surface area contributed by atoms with E-state index >= 15 is 0 Å². The van der Waals surface area contributed by atoms with E-state index in [0.717, 1.165) is 15.1 Å². The molecule has 0 bridgehead atoms. The highest BCUT2D eigenvalue weighted by atomic mass is 32.2. The summed E-state index contributed by atoms with van der Waals surface area (Å²) in [6.45, 7) is 2.54. The second kappa shape index (κ2) is 7.31. The van der Waals surface area contributed by atoms with E-state index in [1.54, 1.807) is 12.1 Å². The summed E-state index contributed by atoms with van der Waals surface area (Å²) in [5.41, 5.74) is 0.846. The molecule has 1 aliphatic heterocycles. The minimum absolute atomic E-state index is 0.170. The molecule has 9 heteroatoms. The first-order chi connectivity index (χ1) is 12.9. The Morgan fingerprint density at radius 2 is 2.04 bits per heavy atom. The molecule has 27 heavy (non-hydrogen) atoms. The third-order valence-electron chi connectivity index (χ3n) is 4.59. The van der Waals surface area contributed by atoms with Crippen LogP contribution in [0, 0.1) is 12.8 Å². The maximum absolute atomic E-state index is 12.8. The van der Waals surface area contributed by atoms with Gasteiger partial charge in [0.1, 0.15) is 4.21 Å². The number of hydrogen-bond acceptors (Lipinski definition) is 6. The van der Waals surface area contributed by atoms with Crippen LogP contribution in [0.1, 0.15) is 17.7 Å². The number of aromatic nitrogens is 1. The normalized spacial score (nSPS) is 18.6. The number of sulfonamides is 1. The Kier molecular flexibility index (Phi) is 5.02. The van der Waals surface area contributed by atoms with Gasteiger partial charge in [-0.15, -0.1) is 11.3 Å². The van der Waals surface area contributed by atoms with Gasteiger partial charge in [-0.1, -0.05) is 23.5 Å². The van der Waals surface area contributed by atoms with Crippen LogP contribution >= 0.6 is 22.7 Å². The first-order valence-electron chi connectivity index (χ1n) is 8.66. The summed E-state index contributed by atoms with van der Waals surface area (Å²) in [6, 6.07) is 11.1. The number of carbonyl (C=O) groups excluding carboxylic acids is 1. The molecule has 6 nitrogen and oxygen atoms in total. The summed E-state index contributed by atoms with van der Waals surface area (Å²) in [6.07, 6.45) is 1.34. The molecule has 1 N–H and O–H groups in total. The van der Waals surface area contributed by atoms with Crippen LogP contribution in [-0.2, 0) is 14.8 Å². The molecular formula is C18H19N3O3S3. The van der Waals surface area contributed by atoms with Crippen LogP contribution in [-0.4, -0.2) is 36.7 Å². The van der Waals surface area contributed by atoms with Crippen molar-refractivity contribution in [2.45, 2.75) is 24.0 Å². The second-order valence-electron chi connectivity index (χ2n) is 6.54. The molecule has 1 saturated heterocycles. The lowest BCUT2D eigenvalue weighted by molar-refractivity contribution is -0.120. The van der Waals surface area contributed by atoms with Gasteiger partial charge in [-0.3, -0.25) is 4.79 Å². The van der Waals surface area contributed by atoms with Gasteiger partial charge in [-0.05, 0) is 44.0 Å². The third kappa shape index (κ3) is 3.77. The Bertz CT molecular complexity index is 1050. The lowest BCUT2D eigenvalue weighted by Crippen LogP contribution is -2.43. The molecule has 4 rings (SSSR count). The second-order valence-corrected chi connectivity index (χ2v) is 11.0. The molecule has 0 spiro atoms. The molecule has 0 aliphatic carbocycles. The molecule has 142 valence electrons. The Morgan fingerprint density at radius 3 is 2.78 bits per heavy atom. The molecule has 0 radical (unpaired) electrons. The van der Waals surface area contributed by atoms with Gasteiger partial charge >= 0.3 is 0 Å². The van der Waals surface area contributed by atoms with Crippen molar-refractivity contribution in [1.29, 1.82) is 0 Å². The molecule has 0 saturated carbocycles. The Morgan fingerprint density at radius 1 is 1.22 bits per heavy atom. The zero-order chi connectivity index (χ0) is 19.0. The summed E-state index contributed by atoms with van der Waals surface area (Å²) >= 11 is 2.69.